The van der Waals surface area contributed by atoms with Crippen molar-refractivity contribution in [3.63, 3.8) is 0 Å². The first-order valence-electron chi connectivity index (χ1n) is 7.29. The molecule has 1 atom stereocenters. The summed E-state index contributed by atoms with van der Waals surface area (Å²) in [7, 11) is 0. The number of aromatic nitrogens is 3. The van der Waals surface area contributed by atoms with E-state index in [1.54, 1.807) is 6.33 Å². The van der Waals surface area contributed by atoms with E-state index in [1.165, 1.54) is 0 Å². The Morgan fingerprint density at radius 1 is 1.55 bits per heavy atom. The molecule has 114 valence electrons. The second kappa shape index (κ2) is 6.65. The molecule has 1 fully saturated rings. The van der Waals surface area contributed by atoms with Crippen molar-refractivity contribution in [2.24, 2.45) is 5.92 Å². The normalized spacial score (nSPS) is 22.4. The zero-order valence-corrected chi connectivity index (χ0v) is 12.9. The van der Waals surface area contributed by atoms with Crippen LogP contribution < -0.4 is 5.32 Å². The van der Waals surface area contributed by atoms with Crippen LogP contribution in [0.25, 0.3) is 0 Å². The van der Waals surface area contributed by atoms with Crippen LogP contribution in [0.15, 0.2) is 6.33 Å². The van der Waals surface area contributed by atoms with Gasteiger partial charge in [0.25, 0.3) is 0 Å². The Morgan fingerprint density at radius 2 is 2.35 bits per heavy atom. The van der Waals surface area contributed by atoms with Crippen LogP contribution in [-0.4, -0.2) is 46.2 Å². The van der Waals surface area contributed by atoms with E-state index in [1.807, 2.05) is 4.68 Å². The van der Waals surface area contributed by atoms with Crippen molar-refractivity contribution < 1.29 is 9.47 Å². The summed E-state index contributed by atoms with van der Waals surface area (Å²) in [5.41, 5.74) is -0.121. The highest BCUT2D eigenvalue weighted by atomic mass is 16.5. The maximum atomic E-state index is 5.96. The second-order valence-electron chi connectivity index (χ2n) is 6.40. The highest BCUT2D eigenvalue weighted by Gasteiger charge is 2.28. The summed E-state index contributed by atoms with van der Waals surface area (Å²) in [6.07, 6.45) is 1.68. The molecule has 0 radical (unpaired) electrons. The van der Waals surface area contributed by atoms with Gasteiger partial charge in [-0.2, -0.15) is 5.10 Å². The molecule has 1 aromatic rings. The number of ether oxygens (including phenoxy) is 2. The lowest BCUT2D eigenvalue weighted by molar-refractivity contribution is -0.122. The monoisotopic (exact) mass is 282 g/mol. The van der Waals surface area contributed by atoms with E-state index in [0.717, 1.165) is 25.5 Å². The largest absolute Gasteiger partial charge is 0.371 e. The van der Waals surface area contributed by atoms with Gasteiger partial charge in [-0.25, -0.2) is 9.67 Å². The van der Waals surface area contributed by atoms with E-state index >= 15 is 0 Å². The third-order valence-corrected chi connectivity index (χ3v) is 3.18. The van der Waals surface area contributed by atoms with Gasteiger partial charge in [-0.05, 0) is 19.8 Å². The number of nitrogens with zero attached hydrogens (tertiary/aromatic N) is 3. The third kappa shape index (κ3) is 4.54. The SMILES string of the molecule is CC(C)Cn1ncnc1COCC1CNCC(C)(C)O1. The fourth-order valence-electron chi connectivity index (χ4n) is 2.34. The van der Waals surface area contributed by atoms with Gasteiger partial charge in [0.1, 0.15) is 12.9 Å². The summed E-state index contributed by atoms with van der Waals surface area (Å²) in [4.78, 5) is 4.25. The summed E-state index contributed by atoms with van der Waals surface area (Å²) < 4.78 is 13.6. The molecular formula is C14H26N4O2. The molecule has 0 saturated carbocycles. The summed E-state index contributed by atoms with van der Waals surface area (Å²) in [5.74, 6) is 1.42. The van der Waals surface area contributed by atoms with Gasteiger partial charge in [-0.3, -0.25) is 0 Å². The first-order chi connectivity index (χ1) is 9.46. The molecule has 1 aliphatic rings. The smallest absolute Gasteiger partial charge is 0.152 e. The van der Waals surface area contributed by atoms with Crippen LogP contribution in [0.1, 0.15) is 33.5 Å². The summed E-state index contributed by atoms with van der Waals surface area (Å²) in [6, 6.07) is 0. The van der Waals surface area contributed by atoms with E-state index < -0.39 is 0 Å². The van der Waals surface area contributed by atoms with Crippen LogP contribution in [0, 0.1) is 5.92 Å². The molecule has 0 aromatic carbocycles. The van der Waals surface area contributed by atoms with Gasteiger partial charge in [0.2, 0.25) is 0 Å². The standard InChI is InChI=1S/C14H26N4O2/c1-11(2)6-18-13(16-10-17-18)8-19-7-12-5-15-9-14(3,4)20-12/h10-12,15H,5-9H2,1-4H3. The van der Waals surface area contributed by atoms with Gasteiger partial charge in [-0.15, -0.1) is 0 Å². The molecule has 0 aliphatic carbocycles. The minimum Gasteiger partial charge on any atom is -0.371 e. The van der Waals surface area contributed by atoms with Crippen LogP contribution in [0.3, 0.4) is 0 Å². The highest BCUT2D eigenvalue weighted by molar-refractivity contribution is 4.83. The van der Waals surface area contributed by atoms with E-state index in [-0.39, 0.29) is 11.7 Å². The Kier molecular flexibility index (Phi) is 5.12. The topological polar surface area (TPSA) is 61.2 Å². The molecule has 1 saturated heterocycles. The molecule has 2 rings (SSSR count). The average Bonchev–Trinajstić information content (AvgIpc) is 2.74. The van der Waals surface area contributed by atoms with Crippen molar-refractivity contribution in [2.45, 2.75) is 52.6 Å². The lowest BCUT2D eigenvalue weighted by Gasteiger charge is -2.36. The predicted molar refractivity (Wildman–Crippen MR) is 76.3 cm³/mol. The van der Waals surface area contributed by atoms with Crippen molar-refractivity contribution in [1.82, 2.24) is 20.1 Å². The number of nitrogens with one attached hydrogen (secondary N) is 1. The first-order valence-corrected chi connectivity index (χ1v) is 7.29. The predicted octanol–water partition coefficient (Wildman–Crippen LogP) is 1.22. The van der Waals surface area contributed by atoms with Crippen molar-refractivity contribution in [2.75, 3.05) is 19.7 Å². The van der Waals surface area contributed by atoms with Crippen LogP contribution in [0.5, 0.6) is 0 Å². The number of hydrogen-bond acceptors (Lipinski definition) is 5. The van der Waals surface area contributed by atoms with Crippen molar-refractivity contribution in [3.8, 4) is 0 Å². The summed E-state index contributed by atoms with van der Waals surface area (Å²) in [5, 5.41) is 7.59. The van der Waals surface area contributed by atoms with Gasteiger partial charge in [0.15, 0.2) is 5.82 Å². The van der Waals surface area contributed by atoms with Gasteiger partial charge < -0.3 is 14.8 Å². The Labute approximate surface area is 120 Å². The van der Waals surface area contributed by atoms with E-state index in [4.69, 9.17) is 9.47 Å². The lowest BCUT2D eigenvalue weighted by Crippen LogP contribution is -2.51. The molecule has 2 heterocycles. The first kappa shape index (κ1) is 15.4. The minimum atomic E-state index is -0.121. The number of rotatable bonds is 6. The fraction of sp³-hybridized carbons (Fsp3) is 0.857. The molecule has 1 N–H and O–H groups in total. The molecule has 0 bridgehead atoms. The van der Waals surface area contributed by atoms with E-state index in [9.17, 15) is 0 Å². The van der Waals surface area contributed by atoms with Gasteiger partial charge in [0, 0.05) is 19.6 Å². The van der Waals surface area contributed by atoms with Crippen LogP contribution in [0.4, 0.5) is 0 Å². The third-order valence-electron chi connectivity index (χ3n) is 3.18. The quantitative estimate of drug-likeness (QED) is 0.850. The maximum Gasteiger partial charge on any atom is 0.152 e. The molecule has 20 heavy (non-hydrogen) atoms. The molecular weight excluding hydrogens is 256 g/mol. The van der Waals surface area contributed by atoms with Gasteiger partial charge >= 0.3 is 0 Å². The summed E-state index contributed by atoms with van der Waals surface area (Å²) in [6.45, 7) is 12.1. The summed E-state index contributed by atoms with van der Waals surface area (Å²) >= 11 is 0. The zero-order valence-electron chi connectivity index (χ0n) is 12.9. The Morgan fingerprint density at radius 3 is 3.05 bits per heavy atom. The number of hydrogen-bond donors (Lipinski definition) is 1. The second-order valence-corrected chi connectivity index (χ2v) is 6.40. The van der Waals surface area contributed by atoms with Crippen LogP contribution >= 0.6 is 0 Å². The molecule has 1 aromatic heterocycles. The molecule has 1 unspecified atom stereocenters. The zero-order chi connectivity index (χ0) is 14.6. The van der Waals surface area contributed by atoms with E-state index in [2.05, 4.69) is 43.1 Å². The highest BCUT2D eigenvalue weighted by Crippen LogP contribution is 2.15. The molecule has 1 aliphatic heterocycles. The minimum absolute atomic E-state index is 0.0974. The fourth-order valence-corrected chi connectivity index (χ4v) is 2.34. The Balaban J connectivity index is 1.77. The lowest BCUT2D eigenvalue weighted by atomic mass is 10.1. The molecule has 0 amide bonds. The number of morpholine rings is 1. The van der Waals surface area contributed by atoms with Crippen LogP contribution in [0.2, 0.25) is 0 Å². The van der Waals surface area contributed by atoms with Gasteiger partial charge in [-0.1, -0.05) is 13.8 Å². The van der Waals surface area contributed by atoms with Gasteiger partial charge in [0.05, 0.1) is 18.3 Å². The molecule has 6 nitrogen and oxygen atoms in total. The average molecular weight is 282 g/mol. The van der Waals surface area contributed by atoms with Crippen LogP contribution in [-0.2, 0) is 22.6 Å². The Bertz CT molecular complexity index is 417. The maximum absolute atomic E-state index is 5.96. The van der Waals surface area contributed by atoms with Crippen molar-refractivity contribution in [3.05, 3.63) is 12.2 Å². The van der Waals surface area contributed by atoms with E-state index in [0.29, 0.717) is 19.1 Å². The molecule has 0 spiro atoms. The molecule has 6 heteroatoms. The Hall–Kier alpha value is -0.980. The van der Waals surface area contributed by atoms with Crippen molar-refractivity contribution >= 4 is 0 Å². The van der Waals surface area contributed by atoms with Crippen molar-refractivity contribution in [1.29, 1.82) is 0 Å².